The quantitative estimate of drug-likeness (QED) is 0.614. The van der Waals surface area contributed by atoms with Crippen LogP contribution in [0.1, 0.15) is 12.8 Å². The van der Waals surface area contributed by atoms with Gasteiger partial charge in [0.05, 0.1) is 7.11 Å². The molecule has 0 spiro atoms. The lowest BCUT2D eigenvalue weighted by Gasteiger charge is -2.03. The fourth-order valence-electron chi connectivity index (χ4n) is 1.63. The number of carbonyl (C=O) groups is 2. The zero-order chi connectivity index (χ0) is 17.4. The molecule has 0 aliphatic rings. The van der Waals surface area contributed by atoms with Crippen molar-refractivity contribution in [2.24, 2.45) is 0 Å². The Bertz CT molecular complexity index is 690. The summed E-state index contributed by atoms with van der Waals surface area (Å²) in [5.74, 6) is -0.117. The summed E-state index contributed by atoms with van der Waals surface area (Å²) < 4.78 is 9.26. The molecule has 128 valence electrons. The number of carboxylic acids is 1. The number of carboxylic acid groups (broad SMARTS) is 1. The number of benzene rings is 1. The minimum absolute atomic E-state index is 0.0156. The summed E-state index contributed by atoms with van der Waals surface area (Å²) in [5.41, 5.74) is 0. The van der Waals surface area contributed by atoms with E-state index >= 15 is 0 Å². The molecule has 0 saturated carbocycles. The molecule has 0 bridgehead atoms. The third kappa shape index (κ3) is 6.05. The number of nitrogens with zero attached hydrogens (tertiary/aromatic N) is 2. The van der Waals surface area contributed by atoms with Gasteiger partial charge in [0.2, 0.25) is 10.3 Å². The Balaban J connectivity index is 1.79. The van der Waals surface area contributed by atoms with E-state index in [4.69, 9.17) is 9.84 Å². The molecule has 8 nitrogen and oxygen atoms in total. The molecular formula is C14H16N4O4S2. The molecule has 2 amide bonds. The highest BCUT2D eigenvalue weighted by atomic mass is 32.2. The van der Waals surface area contributed by atoms with Crippen LogP contribution in [-0.4, -0.2) is 40.1 Å². The van der Waals surface area contributed by atoms with E-state index in [1.165, 1.54) is 11.8 Å². The van der Waals surface area contributed by atoms with E-state index in [1.807, 2.05) is 24.3 Å². The van der Waals surface area contributed by atoms with Gasteiger partial charge in [-0.25, -0.2) is 4.79 Å². The van der Waals surface area contributed by atoms with Crippen molar-refractivity contribution in [2.45, 2.75) is 22.9 Å². The molecule has 0 atom stereocenters. The van der Waals surface area contributed by atoms with Gasteiger partial charge in [0, 0.05) is 29.4 Å². The Morgan fingerprint density at radius 3 is 2.75 bits per heavy atom. The molecule has 0 aliphatic heterocycles. The number of aliphatic carboxylic acids is 1. The summed E-state index contributed by atoms with van der Waals surface area (Å²) in [7, 11) is 1.61. The van der Waals surface area contributed by atoms with Gasteiger partial charge in [-0.05, 0) is 42.4 Å². The van der Waals surface area contributed by atoms with Gasteiger partial charge in [0.15, 0.2) is 0 Å². The van der Waals surface area contributed by atoms with E-state index in [9.17, 15) is 9.59 Å². The number of amides is 2. The molecule has 10 heteroatoms. The lowest BCUT2D eigenvalue weighted by molar-refractivity contribution is -0.137. The number of carbonyl (C=O) groups excluding carboxylic acids is 1. The predicted molar refractivity (Wildman–Crippen MR) is 90.9 cm³/mol. The Hall–Kier alpha value is -2.33. The van der Waals surface area contributed by atoms with E-state index in [1.54, 1.807) is 7.11 Å². The first-order chi connectivity index (χ1) is 11.6. The number of rotatable bonds is 8. The SMILES string of the molecule is COc1ccc(Sc2nsc(NC(=O)NCCCC(=O)O)n2)cc1. The topological polar surface area (TPSA) is 113 Å². The Labute approximate surface area is 146 Å². The normalized spacial score (nSPS) is 10.2. The maximum Gasteiger partial charge on any atom is 0.321 e. The number of aromatic nitrogens is 2. The lowest BCUT2D eigenvalue weighted by atomic mass is 10.3. The first-order valence-corrected chi connectivity index (χ1v) is 8.58. The average Bonchev–Trinajstić information content (AvgIpc) is 2.99. The second-order valence-electron chi connectivity index (χ2n) is 4.54. The van der Waals surface area contributed by atoms with Gasteiger partial charge in [-0.2, -0.15) is 9.36 Å². The van der Waals surface area contributed by atoms with Gasteiger partial charge in [-0.1, -0.05) is 0 Å². The van der Waals surface area contributed by atoms with Crippen LogP contribution in [0.2, 0.25) is 0 Å². The molecule has 2 rings (SSSR count). The molecule has 24 heavy (non-hydrogen) atoms. The van der Waals surface area contributed by atoms with E-state index in [0.717, 1.165) is 22.2 Å². The van der Waals surface area contributed by atoms with E-state index < -0.39 is 12.0 Å². The van der Waals surface area contributed by atoms with E-state index in [2.05, 4.69) is 20.0 Å². The van der Waals surface area contributed by atoms with Crippen molar-refractivity contribution >= 4 is 40.4 Å². The van der Waals surface area contributed by atoms with Gasteiger partial charge in [0.1, 0.15) is 5.75 Å². The molecule has 2 aromatic rings. The van der Waals surface area contributed by atoms with Crippen molar-refractivity contribution in [1.29, 1.82) is 0 Å². The molecule has 1 aromatic carbocycles. The lowest BCUT2D eigenvalue weighted by Crippen LogP contribution is -2.29. The molecule has 0 radical (unpaired) electrons. The minimum Gasteiger partial charge on any atom is -0.497 e. The van der Waals surface area contributed by atoms with Crippen molar-refractivity contribution in [3.05, 3.63) is 24.3 Å². The third-order valence-corrected chi connectivity index (χ3v) is 4.37. The van der Waals surface area contributed by atoms with Gasteiger partial charge in [0.25, 0.3) is 0 Å². The van der Waals surface area contributed by atoms with E-state index in [0.29, 0.717) is 16.7 Å². The molecule has 0 aliphatic carbocycles. The molecule has 0 unspecified atom stereocenters. The summed E-state index contributed by atoms with van der Waals surface area (Å²) in [6.45, 7) is 0.282. The monoisotopic (exact) mass is 368 g/mol. The maximum atomic E-state index is 11.6. The number of nitrogens with one attached hydrogen (secondary N) is 2. The number of urea groups is 1. The van der Waals surface area contributed by atoms with Crippen LogP contribution in [0.15, 0.2) is 34.3 Å². The molecular weight excluding hydrogens is 352 g/mol. The summed E-state index contributed by atoms with van der Waals surface area (Å²) in [5, 5.41) is 14.6. The van der Waals surface area contributed by atoms with Crippen molar-refractivity contribution < 1.29 is 19.4 Å². The highest BCUT2D eigenvalue weighted by molar-refractivity contribution is 7.99. The number of ether oxygens (including phenoxy) is 1. The highest BCUT2D eigenvalue weighted by Gasteiger charge is 2.09. The van der Waals surface area contributed by atoms with E-state index in [-0.39, 0.29) is 13.0 Å². The molecule has 3 N–H and O–H groups in total. The van der Waals surface area contributed by atoms with Crippen molar-refractivity contribution in [1.82, 2.24) is 14.7 Å². The number of hydrogen-bond donors (Lipinski definition) is 3. The summed E-state index contributed by atoms with van der Waals surface area (Å²) in [6, 6.07) is 7.05. The Morgan fingerprint density at radius 1 is 1.33 bits per heavy atom. The zero-order valence-corrected chi connectivity index (χ0v) is 14.4. The number of anilines is 1. The number of methoxy groups -OCH3 is 1. The van der Waals surface area contributed by atoms with Crippen molar-refractivity contribution in [3.8, 4) is 5.75 Å². The second kappa shape index (κ2) is 9.08. The minimum atomic E-state index is -0.887. The van der Waals surface area contributed by atoms with Crippen LogP contribution in [0.5, 0.6) is 5.75 Å². The largest absolute Gasteiger partial charge is 0.497 e. The second-order valence-corrected chi connectivity index (χ2v) is 6.33. The first-order valence-electron chi connectivity index (χ1n) is 6.99. The van der Waals surface area contributed by atoms with Crippen LogP contribution in [0, 0.1) is 0 Å². The third-order valence-electron chi connectivity index (χ3n) is 2.75. The van der Waals surface area contributed by atoms with Crippen LogP contribution in [0.4, 0.5) is 9.93 Å². The first kappa shape index (κ1) is 18.0. The molecule has 1 heterocycles. The summed E-state index contributed by atoms with van der Waals surface area (Å²) >= 11 is 2.45. The van der Waals surface area contributed by atoms with Crippen LogP contribution < -0.4 is 15.4 Å². The van der Waals surface area contributed by atoms with Gasteiger partial charge in [-0.3, -0.25) is 10.1 Å². The van der Waals surface area contributed by atoms with Crippen LogP contribution in [0.3, 0.4) is 0 Å². The van der Waals surface area contributed by atoms with Crippen LogP contribution in [-0.2, 0) is 4.79 Å². The fourth-order valence-corrected chi connectivity index (χ4v) is 3.04. The molecule has 0 fully saturated rings. The smallest absolute Gasteiger partial charge is 0.321 e. The summed E-state index contributed by atoms with van der Waals surface area (Å²) in [6.07, 6.45) is 0.388. The average molecular weight is 368 g/mol. The highest BCUT2D eigenvalue weighted by Crippen LogP contribution is 2.28. The Morgan fingerprint density at radius 2 is 2.08 bits per heavy atom. The van der Waals surface area contributed by atoms with Gasteiger partial charge in [-0.15, -0.1) is 0 Å². The Kier molecular flexibility index (Phi) is 6.82. The number of hydrogen-bond acceptors (Lipinski definition) is 7. The van der Waals surface area contributed by atoms with Gasteiger partial charge >= 0.3 is 12.0 Å². The molecule has 0 saturated heterocycles. The predicted octanol–water partition coefficient (Wildman–Crippen LogP) is 2.68. The molecule has 1 aromatic heterocycles. The fraction of sp³-hybridized carbons (Fsp3) is 0.286. The maximum absolute atomic E-state index is 11.6. The summed E-state index contributed by atoms with van der Waals surface area (Å²) in [4.78, 5) is 27.2. The van der Waals surface area contributed by atoms with Crippen molar-refractivity contribution in [3.63, 3.8) is 0 Å². The zero-order valence-electron chi connectivity index (χ0n) is 12.8. The standard InChI is InChI=1S/C14H16N4O4S2/c1-22-9-4-6-10(7-5-9)23-14-17-13(24-18-14)16-12(21)15-8-2-3-11(19)20/h4-7H,2-3,8H2,1H3,(H,19,20)(H2,15,16,17,18,21). The van der Waals surface area contributed by atoms with Crippen molar-refractivity contribution in [2.75, 3.05) is 19.0 Å². The van der Waals surface area contributed by atoms with Gasteiger partial charge < -0.3 is 15.2 Å². The van der Waals surface area contributed by atoms with Crippen LogP contribution in [0.25, 0.3) is 0 Å². The van der Waals surface area contributed by atoms with Crippen LogP contribution >= 0.6 is 23.3 Å².